The lowest BCUT2D eigenvalue weighted by Gasteiger charge is -2.39. The molecule has 1 N–H and O–H groups in total. The Bertz CT molecular complexity index is 362. The first kappa shape index (κ1) is 18.0. The van der Waals surface area contributed by atoms with Crippen LogP contribution in [0.2, 0.25) is 0 Å². The molecule has 2 unspecified atom stereocenters. The zero-order chi connectivity index (χ0) is 14.7. The van der Waals surface area contributed by atoms with Crippen molar-refractivity contribution < 1.29 is 9.53 Å². The molecule has 2 aliphatic heterocycles. The number of hydrogen-bond donors (Lipinski definition) is 1. The smallest absolute Gasteiger partial charge is 0.248 e. The van der Waals surface area contributed by atoms with E-state index < -0.39 is 0 Å². The number of likely N-dealkylation sites (tertiary alicyclic amines) is 1. The van der Waals surface area contributed by atoms with Crippen molar-refractivity contribution >= 4 is 18.3 Å². The van der Waals surface area contributed by atoms with Gasteiger partial charge in [-0.1, -0.05) is 19.8 Å². The highest BCUT2D eigenvalue weighted by molar-refractivity contribution is 5.85. The molecule has 0 bridgehead atoms. The SMILES string of the molecule is CC1CCCCC1OCC(=O)N1CCC2(CCNC2)CC1.Cl. The monoisotopic (exact) mass is 330 g/mol. The standard InChI is InChI=1S/C17H30N2O2.ClH/c1-14-4-2-3-5-15(14)21-12-16(20)19-10-7-17(8-11-19)6-9-18-13-17;/h14-15,18H,2-13H2,1H3;1H. The topological polar surface area (TPSA) is 41.6 Å². The number of carbonyl (C=O) groups is 1. The van der Waals surface area contributed by atoms with Gasteiger partial charge in [-0.25, -0.2) is 0 Å². The molecule has 4 nitrogen and oxygen atoms in total. The van der Waals surface area contributed by atoms with E-state index in [9.17, 15) is 4.79 Å². The van der Waals surface area contributed by atoms with Crippen LogP contribution < -0.4 is 5.32 Å². The number of amides is 1. The van der Waals surface area contributed by atoms with Gasteiger partial charge in [-0.05, 0) is 50.0 Å². The molecule has 1 amide bonds. The highest BCUT2D eigenvalue weighted by Crippen LogP contribution is 2.37. The number of nitrogens with zero attached hydrogens (tertiary/aromatic N) is 1. The zero-order valence-electron chi connectivity index (χ0n) is 13.8. The Morgan fingerprint density at radius 2 is 1.95 bits per heavy atom. The predicted molar refractivity (Wildman–Crippen MR) is 90.4 cm³/mol. The van der Waals surface area contributed by atoms with Gasteiger partial charge in [0, 0.05) is 19.6 Å². The highest BCUT2D eigenvalue weighted by Gasteiger charge is 2.38. The zero-order valence-corrected chi connectivity index (χ0v) is 14.6. The van der Waals surface area contributed by atoms with Gasteiger partial charge < -0.3 is 15.0 Å². The van der Waals surface area contributed by atoms with Crippen molar-refractivity contribution in [2.24, 2.45) is 11.3 Å². The molecule has 3 rings (SSSR count). The van der Waals surface area contributed by atoms with E-state index in [-0.39, 0.29) is 18.3 Å². The molecular formula is C17H31ClN2O2. The molecule has 2 saturated heterocycles. The third-order valence-electron chi connectivity index (χ3n) is 5.96. The molecule has 5 heteroatoms. The summed E-state index contributed by atoms with van der Waals surface area (Å²) >= 11 is 0. The van der Waals surface area contributed by atoms with Crippen molar-refractivity contribution in [3.63, 3.8) is 0 Å². The fraction of sp³-hybridized carbons (Fsp3) is 0.941. The lowest BCUT2D eigenvalue weighted by molar-refractivity contribution is -0.142. The number of piperidine rings is 1. The maximum absolute atomic E-state index is 12.3. The van der Waals surface area contributed by atoms with Gasteiger partial charge >= 0.3 is 0 Å². The van der Waals surface area contributed by atoms with E-state index in [1.165, 1.54) is 25.7 Å². The fourth-order valence-corrected chi connectivity index (χ4v) is 4.25. The van der Waals surface area contributed by atoms with Crippen LogP contribution in [0, 0.1) is 11.3 Å². The first-order valence-electron chi connectivity index (χ1n) is 8.79. The van der Waals surface area contributed by atoms with Gasteiger partial charge in [-0.3, -0.25) is 4.79 Å². The van der Waals surface area contributed by atoms with Crippen LogP contribution in [0.15, 0.2) is 0 Å². The molecule has 1 aliphatic carbocycles. The molecule has 3 fully saturated rings. The Labute approximate surface area is 140 Å². The molecule has 2 atom stereocenters. The summed E-state index contributed by atoms with van der Waals surface area (Å²) in [5.41, 5.74) is 0.482. The van der Waals surface area contributed by atoms with Crippen molar-refractivity contribution in [3.05, 3.63) is 0 Å². The second-order valence-corrected chi connectivity index (χ2v) is 7.42. The minimum atomic E-state index is 0. The number of rotatable bonds is 3. The lowest BCUT2D eigenvalue weighted by atomic mass is 9.78. The number of ether oxygens (including phenoxy) is 1. The second-order valence-electron chi connectivity index (χ2n) is 7.42. The summed E-state index contributed by atoms with van der Waals surface area (Å²) in [4.78, 5) is 14.4. The minimum Gasteiger partial charge on any atom is -0.368 e. The molecule has 2 heterocycles. The minimum absolute atomic E-state index is 0. The van der Waals surface area contributed by atoms with Gasteiger partial charge in [0.2, 0.25) is 5.91 Å². The molecule has 0 aromatic heterocycles. The van der Waals surface area contributed by atoms with Crippen molar-refractivity contribution in [2.75, 3.05) is 32.8 Å². The number of carbonyl (C=O) groups excluding carboxylic acids is 1. The van der Waals surface area contributed by atoms with Gasteiger partial charge in [0.15, 0.2) is 0 Å². The maximum atomic E-state index is 12.3. The van der Waals surface area contributed by atoms with E-state index in [0.29, 0.717) is 24.0 Å². The van der Waals surface area contributed by atoms with Crippen LogP contribution in [0.5, 0.6) is 0 Å². The average Bonchev–Trinajstić information content (AvgIpc) is 2.95. The Morgan fingerprint density at radius 3 is 2.59 bits per heavy atom. The molecule has 1 spiro atoms. The Balaban J connectivity index is 0.00000176. The van der Waals surface area contributed by atoms with Crippen molar-refractivity contribution in [3.8, 4) is 0 Å². The summed E-state index contributed by atoms with van der Waals surface area (Å²) in [7, 11) is 0. The van der Waals surface area contributed by atoms with Crippen molar-refractivity contribution in [1.29, 1.82) is 0 Å². The summed E-state index contributed by atoms with van der Waals surface area (Å²) in [5, 5.41) is 3.47. The lowest BCUT2D eigenvalue weighted by Crippen LogP contribution is -2.45. The molecule has 0 aromatic rings. The molecule has 128 valence electrons. The maximum Gasteiger partial charge on any atom is 0.248 e. The van der Waals surface area contributed by atoms with E-state index in [2.05, 4.69) is 12.2 Å². The third-order valence-corrected chi connectivity index (χ3v) is 5.96. The van der Waals surface area contributed by atoms with Crippen molar-refractivity contribution in [1.82, 2.24) is 10.2 Å². The molecular weight excluding hydrogens is 300 g/mol. The van der Waals surface area contributed by atoms with Gasteiger partial charge in [0.25, 0.3) is 0 Å². The van der Waals surface area contributed by atoms with Crippen LogP contribution in [0.25, 0.3) is 0 Å². The molecule has 22 heavy (non-hydrogen) atoms. The first-order chi connectivity index (χ1) is 10.2. The van der Waals surface area contributed by atoms with Crippen LogP contribution in [0.4, 0.5) is 0 Å². The second kappa shape index (κ2) is 7.98. The van der Waals surface area contributed by atoms with Crippen LogP contribution in [0.1, 0.15) is 51.9 Å². The van der Waals surface area contributed by atoms with Crippen LogP contribution in [0.3, 0.4) is 0 Å². The van der Waals surface area contributed by atoms with E-state index >= 15 is 0 Å². The number of nitrogens with one attached hydrogen (secondary N) is 1. The number of halogens is 1. The first-order valence-corrected chi connectivity index (χ1v) is 8.79. The van der Waals surface area contributed by atoms with E-state index in [0.717, 1.165) is 45.4 Å². The van der Waals surface area contributed by atoms with E-state index in [4.69, 9.17) is 4.74 Å². The Kier molecular flexibility index (Phi) is 6.54. The molecule has 0 aromatic carbocycles. The van der Waals surface area contributed by atoms with E-state index in [1.807, 2.05) is 4.90 Å². The van der Waals surface area contributed by atoms with Gasteiger partial charge in [0.05, 0.1) is 6.10 Å². The normalized spacial score (nSPS) is 31.0. The quantitative estimate of drug-likeness (QED) is 0.865. The third kappa shape index (κ3) is 4.15. The Hall–Kier alpha value is -0.320. The Morgan fingerprint density at radius 1 is 1.23 bits per heavy atom. The van der Waals surface area contributed by atoms with Crippen LogP contribution >= 0.6 is 12.4 Å². The van der Waals surface area contributed by atoms with Crippen LogP contribution in [-0.4, -0.2) is 49.7 Å². The summed E-state index contributed by atoms with van der Waals surface area (Å²) in [6.07, 6.45) is 8.85. The summed E-state index contributed by atoms with van der Waals surface area (Å²) < 4.78 is 5.92. The molecule has 3 aliphatic rings. The largest absolute Gasteiger partial charge is 0.368 e. The highest BCUT2D eigenvalue weighted by atomic mass is 35.5. The predicted octanol–water partition coefficient (Wildman–Crippen LogP) is 2.61. The average molecular weight is 331 g/mol. The summed E-state index contributed by atoms with van der Waals surface area (Å²) in [6, 6.07) is 0. The molecule has 1 saturated carbocycles. The summed E-state index contributed by atoms with van der Waals surface area (Å²) in [5.74, 6) is 0.814. The van der Waals surface area contributed by atoms with Gasteiger partial charge in [0.1, 0.15) is 6.61 Å². The van der Waals surface area contributed by atoms with Crippen LogP contribution in [-0.2, 0) is 9.53 Å². The summed E-state index contributed by atoms with van der Waals surface area (Å²) in [6.45, 7) is 6.68. The van der Waals surface area contributed by atoms with Gasteiger partial charge in [-0.2, -0.15) is 0 Å². The van der Waals surface area contributed by atoms with Crippen molar-refractivity contribution in [2.45, 2.75) is 58.0 Å². The number of hydrogen-bond acceptors (Lipinski definition) is 3. The van der Waals surface area contributed by atoms with Gasteiger partial charge in [-0.15, -0.1) is 12.4 Å². The molecule has 0 radical (unpaired) electrons. The fourth-order valence-electron chi connectivity index (χ4n) is 4.25. The van der Waals surface area contributed by atoms with E-state index in [1.54, 1.807) is 0 Å².